The molecule has 2 unspecified atom stereocenters. The third kappa shape index (κ3) is 3.34. The molecule has 1 amide bonds. The number of hydrogen-bond acceptors (Lipinski definition) is 4. The van der Waals surface area contributed by atoms with E-state index in [1.807, 2.05) is 12.1 Å². The van der Waals surface area contributed by atoms with Crippen LogP contribution < -0.4 is 4.90 Å². The van der Waals surface area contributed by atoms with E-state index in [0.29, 0.717) is 11.5 Å². The summed E-state index contributed by atoms with van der Waals surface area (Å²) in [5.41, 5.74) is 1.34. The number of amides is 1. The minimum Gasteiger partial charge on any atom is -0.354 e. The first-order valence-electron chi connectivity index (χ1n) is 9.95. The molecular formula is C21H32N4O. The summed E-state index contributed by atoms with van der Waals surface area (Å²) < 4.78 is 0. The molecule has 0 radical (unpaired) electrons. The van der Waals surface area contributed by atoms with Crippen molar-refractivity contribution in [2.75, 3.05) is 44.7 Å². The lowest BCUT2D eigenvalue weighted by Gasteiger charge is -2.39. The second kappa shape index (κ2) is 6.22. The number of likely N-dealkylation sites (tertiary alicyclic amines) is 1. The average Bonchev–Trinajstić information content (AvgIpc) is 2.84. The molecule has 2 atom stereocenters. The molecule has 3 fully saturated rings. The Bertz CT molecular complexity index is 678. The van der Waals surface area contributed by atoms with E-state index in [1.54, 1.807) is 6.20 Å². The zero-order valence-electron chi connectivity index (χ0n) is 16.7. The van der Waals surface area contributed by atoms with Crippen LogP contribution in [0.5, 0.6) is 0 Å². The minimum atomic E-state index is 0.161. The van der Waals surface area contributed by atoms with Gasteiger partial charge in [0.05, 0.1) is 5.56 Å². The highest BCUT2D eigenvalue weighted by atomic mass is 16.2. The van der Waals surface area contributed by atoms with Crippen LogP contribution >= 0.6 is 0 Å². The summed E-state index contributed by atoms with van der Waals surface area (Å²) in [5.74, 6) is 1.15. The van der Waals surface area contributed by atoms with Crippen molar-refractivity contribution in [3.63, 3.8) is 0 Å². The summed E-state index contributed by atoms with van der Waals surface area (Å²) >= 11 is 0. The molecular weight excluding hydrogens is 324 g/mol. The molecule has 1 saturated carbocycles. The van der Waals surface area contributed by atoms with Crippen LogP contribution in [0.1, 0.15) is 50.4 Å². The number of likely N-dealkylation sites (N-methyl/N-ethyl adjacent to an activating group) is 1. The normalized spacial score (nSPS) is 31.3. The molecule has 3 heterocycles. The van der Waals surface area contributed by atoms with Crippen molar-refractivity contribution < 1.29 is 4.79 Å². The van der Waals surface area contributed by atoms with Gasteiger partial charge in [0, 0.05) is 45.0 Å². The van der Waals surface area contributed by atoms with Crippen LogP contribution in [-0.2, 0) is 0 Å². The number of pyridine rings is 1. The number of fused-ring (bicyclic) bond motifs is 2. The third-order valence-electron chi connectivity index (χ3n) is 6.50. The van der Waals surface area contributed by atoms with Crippen molar-refractivity contribution in [2.24, 2.45) is 10.8 Å². The maximum absolute atomic E-state index is 13.1. The number of hydrogen-bond donors (Lipinski definition) is 0. The lowest BCUT2D eigenvalue weighted by molar-refractivity contribution is 0.0708. The molecule has 142 valence electrons. The number of carbonyl (C=O) groups is 1. The van der Waals surface area contributed by atoms with Gasteiger partial charge in [-0.25, -0.2) is 4.98 Å². The van der Waals surface area contributed by atoms with E-state index in [0.717, 1.165) is 56.9 Å². The maximum Gasteiger partial charge on any atom is 0.255 e. The molecule has 3 aliphatic rings. The Kier molecular flexibility index (Phi) is 4.25. The highest BCUT2D eigenvalue weighted by Crippen LogP contribution is 2.52. The predicted molar refractivity (Wildman–Crippen MR) is 105 cm³/mol. The topological polar surface area (TPSA) is 39.7 Å². The first-order chi connectivity index (χ1) is 12.2. The smallest absolute Gasteiger partial charge is 0.255 e. The van der Waals surface area contributed by atoms with Crippen molar-refractivity contribution in [1.82, 2.24) is 14.8 Å². The van der Waals surface area contributed by atoms with Gasteiger partial charge in [0.1, 0.15) is 5.82 Å². The molecule has 2 bridgehead atoms. The van der Waals surface area contributed by atoms with Crippen LogP contribution in [0, 0.1) is 10.8 Å². The van der Waals surface area contributed by atoms with Gasteiger partial charge in [-0.05, 0) is 49.3 Å². The largest absolute Gasteiger partial charge is 0.354 e. The van der Waals surface area contributed by atoms with Gasteiger partial charge < -0.3 is 14.7 Å². The molecule has 5 nitrogen and oxygen atoms in total. The Labute approximate surface area is 157 Å². The van der Waals surface area contributed by atoms with E-state index in [2.05, 4.69) is 47.5 Å². The van der Waals surface area contributed by atoms with E-state index in [-0.39, 0.29) is 11.3 Å². The van der Waals surface area contributed by atoms with Gasteiger partial charge in [-0.15, -0.1) is 0 Å². The molecule has 2 aliphatic heterocycles. The lowest BCUT2D eigenvalue weighted by Crippen LogP contribution is -2.44. The van der Waals surface area contributed by atoms with Gasteiger partial charge in [0.2, 0.25) is 0 Å². The van der Waals surface area contributed by atoms with E-state index in [9.17, 15) is 4.79 Å². The summed E-state index contributed by atoms with van der Waals surface area (Å²) in [6, 6.07) is 4.37. The first-order valence-corrected chi connectivity index (χ1v) is 9.95. The van der Waals surface area contributed by atoms with Gasteiger partial charge in [0.25, 0.3) is 5.91 Å². The van der Waals surface area contributed by atoms with Crippen molar-refractivity contribution in [2.45, 2.75) is 46.1 Å². The fourth-order valence-electron chi connectivity index (χ4n) is 5.60. The fourth-order valence-corrected chi connectivity index (χ4v) is 5.60. The molecule has 1 aromatic rings. The van der Waals surface area contributed by atoms with E-state index in [1.165, 1.54) is 6.42 Å². The SMILES string of the molecule is CN1CCN(c2ccc(C(=O)N3CC4(C)CC3CC(C)(C)C4)cn2)CC1. The fraction of sp³-hybridized carbons (Fsp3) is 0.714. The summed E-state index contributed by atoms with van der Waals surface area (Å²) in [6.45, 7) is 12.0. The quantitative estimate of drug-likeness (QED) is 0.817. The Balaban J connectivity index is 1.47. The van der Waals surface area contributed by atoms with Crippen LogP contribution in [0.3, 0.4) is 0 Å². The summed E-state index contributed by atoms with van der Waals surface area (Å²) in [7, 11) is 2.15. The minimum absolute atomic E-state index is 0.161. The second-order valence-corrected chi connectivity index (χ2v) is 9.84. The maximum atomic E-state index is 13.1. The Morgan fingerprint density at radius 1 is 1.12 bits per heavy atom. The van der Waals surface area contributed by atoms with Crippen molar-refractivity contribution in [1.29, 1.82) is 0 Å². The lowest BCUT2D eigenvalue weighted by atomic mass is 9.65. The van der Waals surface area contributed by atoms with E-state index >= 15 is 0 Å². The van der Waals surface area contributed by atoms with Crippen LogP contribution in [0.2, 0.25) is 0 Å². The molecule has 1 aliphatic carbocycles. The van der Waals surface area contributed by atoms with Gasteiger partial charge in [-0.2, -0.15) is 0 Å². The zero-order valence-corrected chi connectivity index (χ0v) is 16.7. The van der Waals surface area contributed by atoms with Gasteiger partial charge in [0.15, 0.2) is 0 Å². The van der Waals surface area contributed by atoms with Crippen LogP contribution in [-0.4, -0.2) is 66.5 Å². The highest BCUT2D eigenvalue weighted by Gasteiger charge is 2.51. The Morgan fingerprint density at radius 3 is 2.50 bits per heavy atom. The molecule has 1 aromatic heterocycles. The number of rotatable bonds is 2. The predicted octanol–water partition coefficient (Wildman–Crippen LogP) is 2.87. The number of aromatic nitrogens is 1. The molecule has 0 aromatic carbocycles. The van der Waals surface area contributed by atoms with Crippen molar-refractivity contribution >= 4 is 11.7 Å². The number of anilines is 1. The molecule has 5 heteroatoms. The second-order valence-electron chi connectivity index (χ2n) is 9.84. The molecule has 0 spiro atoms. The molecule has 0 N–H and O–H groups in total. The van der Waals surface area contributed by atoms with Crippen molar-refractivity contribution in [3.8, 4) is 0 Å². The highest BCUT2D eigenvalue weighted by molar-refractivity contribution is 5.94. The van der Waals surface area contributed by atoms with Crippen LogP contribution in [0.25, 0.3) is 0 Å². The number of carbonyl (C=O) groups excluding carboxylic acids is 1. The average molecular weight is 357 g/mol. The third-order valence-corrected chi connectivity index (χ3v) is 6.50. The van der Waals surface area contributed by atoms with Gasteiger partial charge in [-0.3, -0.25) is 4.79 Å². The molecule has 2 saturated heterocycles. The Hall–Kier alpha value is -1.62. The summed E-state index contributed by atoms with van der Waals surface area (Å²) in [4.78, 5) is 24.5. The van der Waals surface area contributed by atoms with Crippen LogP contribution in [0.15, 0.2) is 18.3 Å². The Morgan fingerprint density at radius 2 is 1.85 bits per heavy atom. The number of piperazine rings is 1. The van der Waals surface area contributed by atoms with Gasteiger partial charge in [-0.1, -0.05) is 20.8 Å². The number of nitrogens with zero attached hydrogens (tertiary/aromatic N) is 4. The summed E-state index contributed by atoms with van der Waals surface area (Å²) in [5, 5.41) is 0. The van der Waals surface area contributed by atoms with Crippen molar-refractivity contribution in [3.05, 3.63) is 23.9 Å². The molecule has 4 rings (SSSR count). The van der Waals surface area contributed by atoms with E-state index < -0.39 is 0 Å². The van der Waals surface area contributed by atoms with Crippen LogP contribution in [0.4, 0.5) is 5.82 Å². The monoisotopic (exact) mass is 356 g/mol. The molecule has 26 heavy (non-hydrogen) atoms. The van der Waals surface area contributed by atoms with E-state index in [4.69, 9.17) is 0 Å². The summed E-state index contributed by atoms with van der Waals surface area (Å²) in [6.07, 6.45) is 5.25. The van der Waals surface area contributed by atoms with Gasteiger partial charge >= 0.3 is 0 Å². The first kappa shape index (κ1) is 17.8. The zero-order chi connectivity index (χ0) is 18.5. The standard InChI is InChI=1S/C21H32N4O/c1-20(2)11-17-12-21(3,14-20)15-25(17)19(26)16-5-6-18(22-13-16)24-9-7-23(4)8-10-24/h5-6,13,17H,7-12,14-15H2,1-4H3.